The van der Waals surface area contributed by atoms with Gasteiger partial charge in [0, 0.05) is 22.3 Å². The molecule has 1 aliphatic rings. The molecule has 3 atom stereocenters. The van der Waals surface area contributed by atoms with E-state index in [9.17, 15) is 9.59 Å². The quantitative estimate of drug-likeness (QED) is 0.266. The highest BCUT2D eigenvalue weighted by atomic mass is 16.1. The zero-order valence-electron chi connectivity index (χ0n) is 22.2. The SMILES string of the molecule is CC1=C(CC[C@H](C)CCC[C@@H](C)CCC[C@@H](C)CCCC(C)C)C(=O)c2ccccc2C1=O. The minimum absolute atomic E-state index is 0.0240. The molecule has 0 heterocycles. The fourth-order valence-electron chi connectivity index (χ4n) is 5.18. The molecule has 0 N–H and O–H groups in total. The van der Waals surface area contributed by atoms with Gasteiger partial charge in [0.2, 0.25) is 0 Å². The van der Waals surface area contributed by atoms with Gasteiger partial charge in [0.1, 0.15) is 0 Å². The molecule has 0 saturated carbocycles. The number of fused-ring (bicyclic) bond motifs is 1. The van der Waals surface area contributed by atoms with Crippen molar-refractivity contribution in [3.8, 4) is 0 Å². The molecule has 2 rings (SSSR count). The van der Waals surface area contributed by atoms with Crippen LogP contribution in [0.15, 0.2) is 35.4 Å². The summed E-state index contributed by atoms with van der Waals surface area (Å²) >= 11 is 0. The molecule has 0 aromatic heterocycles. The molecule has 2 nitrogen and oxygen atoms in total. The third-order valence-corrected chi connectivity index (χ3v) is 7.64. The average Bonchev–Trinajstić information content (AvgIpc) is 2.77. The van der Waals surface area contributed by atoms with Crippen molar-refractivity contribution < 1.29 is 9.59 Å². The van der Waals surface area contributed by atoms with E-state index in [0.717, 1.165) is 36.2 Å². The number of benzene rings is 1. The van der Waals surface area contributed by atoms with Crippen molar-refractivity contribution in [2.45, 2.75) is 112 Å². The van der Waals surface area contributed by atoms with Crippen molar-refractivity contribution in [3.05, 3.63) is 46.5 Å². The normalized spacial score (nSPS) is 16.8. The Bertz CT molecular complexity index is 801. The molecule has 1 aliphatic carbocycles. The Balaban J connectivity index is 1.64. The lowest BCUT2D eigenvalue weighted by Crippen LogP contribution is -2.21. The minimum Gasteiger partial charge on any atom is -0.289 e. The van der Waals surface area contributed by atoms with E-state index in [1.54, 1.807) is 12.1 Å². The minimum atomic E-state index is 0.0240. The smallest absolute Gasteiger partial charge is 0.190 e. The highest BCUT2D eigenvalue weighted by Crippen LogP contribution is 2.30. The van der Waals surface area contributed by atoms with E-state index in [4.69, 9.17) is 0 Å². The van der Waals surface area contributed by atoms with Crippen LogP contribution in [0.2, 0.25) is 0 Å². The molecule has 184 valence electrons. The summed E-state index contributed by atoms with van der Waals surface area (Å²) in [6.07, 6.45) is 13.7. The first kappa shape index (κ1) is 27.5. The second-order valence-corrected chi connectivity index (χ2v) is 11.3. The predicted octanol–water partition coefficient (Wildman–Crippen LogP) is 9.24. The lowest BCUT2D eigenvalue weighted by molar-refractivity contribution is 0.0971. The van der Waals surface area contributed by atoms with Gasteiger partial charge in [-0.25, -0.2) is 0 Å². The van der Waals surface area contributed by atoms with Crippen molar-refractivity contribution in [2.75, 3.05) is 0 Å². The summed E-state index contributed by atoms with van der Waals surface area (Å²) in [5.74, 6) is 3.17. The van der Waals surface area contributed by atoms with Crippen LogP contribution in [0.25, 0.3) is 0 Å². The van der Waals surface area contributed by atoms with Gasteiger partial charge in [-0.3, -0.25) is 9.59 Å². The number of hydrogen-bond acceptors (Lipinski definition) is 2. The molecule has 33 heavy (non-hydrogen) atoms. The van der Waals surface area contributed by atoms with Crippen LogP contribution in [0.4, 0.5) is 0 Å². The third kappa shape index (κ3) is 8.87. The van der Waals surface area contributed by atoms with Crippen LogP contribution < -0.4 is 0 Å². The van der Waals surface area contributed by atoms with Crippen LogP contribution in [-0.2, 0) is 0 Å². The Morgan fingerprint density at radius 3 is 1.52 bits per heavy atom. The summed E-state index contributed by atoms with van der Waals surface area (Å²) < 4.78 is 0. The molecule has 0 saturated heterocycles. The molecule has 0 amide bonds. The fraction of sp³-hybridized carbons (Fsp3) is 0.677. The van der Waals surface area contributed by atoms with Crippen LogP contribution in [0.1, 0.15) is 133 Å². The van der Waals surface area contributed by atoms with Crippen LogP contribution in [0.5, 0.6) is 0 Å². The number of allylic oxidation sites excluding steroid dienone is 2. The Morgan fingerprint density at radius 2 is 1.03 bits per heavy atom. The number of carbonyl (C=O) groups excluding carboxylic acids is 2. The summed E-state index contributed by atoms with van der Waals surface area (Å²) in [4.78, 5) is 25.6. The summed E-state index contributed by atoms with van der Waals surface area (Å²) in [6, 6.07) is 7.24. The predicted molar refractivity (Wildman–Crippen MR) is 141 cm³/mol. The van der Waals surface area contributed by atoms with Crippen LogP contribution in [0.3, 0.4) is 0 Å². The van der Waals surface area contributed by atoms with E-state index in [1.807, 2.05) is 19.1 Å². The van der Waals surface area contributed by atoms with Crippen molar-refractivity contribution >= 4 is 11.6 Å². The van der Waals surface area contributed by atoms with E-state index in [-0.39, 0.29) is 11.6 Å². The Kier molecular flexibility index (Phi) is 11.6. The van der Waals surface area contributed by atoms with Gasteiger partial charge in [-0.05, 0) is 43.4 Å². The Labute approximate surface area is 203 Å². The zero-order valence-corrected chi connectivity index (χ0v) is 22.2. The zero-order chi connectivity index (χ0) is 24.4. The number of ketones is 2. The molecule has 0 spiro atoms. The molecular weight excluding hydrogens is 404 g/mol. The van der Waals surface area contributed by atoms with E-state index >= 15 is 0 Å². The maximum absolute atomic E-state index is 12.9. The van der Waals surface area contributed by atoms with Gasteiger partial charge in [-0.15, -0.1) is 0 Å². The maximum Gasteiger partial charge on any atom is 0.190 e. The molecule has 0 aliphatic heterocycles. The van der Waals surface area contributed by atoms with Crippen molar-refractivity contribution in [2.24, 2.45) is 23.7 Å². The van der Waals surface area contributed by atoms with Gasteiger partial charge in [0.15, 0.2) is 11.6 Å². The first-order valence-electron chi connectivity index (χ1n) is 13.6. The van der Waals surface area contributed by atoms with E-state index in [0.29, 0.717) is 22.6 Å². The fourth-order valence-corrected chi connectivity index (χ4v) is 5.18. The highest BCUT2D eigenvalue weighted by Gasteiger charge is 2.29. The Morgan fingerprint density at radius 1 is 0.606 bits per heavy atom. The first-order chi connectivity index (χ1) is 15.7. The molecule has 1 aromatic rings. The topological polar surface area (TPSA) is 34.1 Å². The van der Waals surface area contributed by atoms with Gasteiger partial charge in [-0.2, -0.15) is 0 Å². The van der Waals surface area contributed by atoms with Gasteiger partial charge < -0.3 is 0 Å². The second-order valence-electron chi connectivity index (χ2n) is 11.3. The van der Waals surface area contributed by atoms with E-state index < -0.39 is 0 Å². The van der Waals surface area contributed by atoms with Gasteiger partial charge >= 0.3 is 0 Å². The van der Waals surface area contributed by atoms with Gasteiger partial charge in [0.05, 0.1) is 0 Å². The van der Waals surface area contributed by atoms with Gasteiger partial charge in [-0.1, -0.05) is 117 Å². The van der Waals surface area contributed by atoms with Gasteiger partial charge in [0.25, 0.3) is 0 Å². The standard InChI is InChI=1S/C31H48O2/c1-22(2)12-9-13-23(3)14-10-15-24(4)16-11-17-25(5)20-21-27-26(6)30(32)28-18-7-8-19-29(28)31(27)33/h7-8,18-19,22-25H,9-17,20-21H2,1-6H3/t23-,24-,25+/m0/s1. The summed E-state index contributed by atoms with van der Waals surface area (Å²) in [5.41, 5.74) is 2.54. The second kappa shape index (κ2) is 13.9. The average molecular weight is 453 g/mol. The lowest BCUT2D eigenvalue weighted by atomic mass is 9.81. The molecule has 1 aromatic carbocycles. The number of hydrogen-bond donors (Lipinski definition) is 0. The monoisotopic (exact) mass is 452 g/mol. The largest absolute Gasteiger partial charge is 0.289 e. The summed E-state index contributed by atoms with van der Waals surface area (Å²) in [7, 11) is 0. The van der Waals surface area contributed by atoms with Crippen LogP contribution >= 0.6 is 0 Å². The third-order valence-electron chi connectivity index (χ3n) is 7.64. The van der Waals surface area contributed by atoms with E-state index in [1.165, 1.54) is 57.8 Å². The molecule has 2 heteroatoms. The van der Waals surface area contributed by atoms with E-state index in [2.05, 4.69) is 34.6 Å². The van der Waals surface area contributed by atoms with Crippen molar-refractivity contribution in [3.63, 3.8) is 0 Å². The first-order valence-corrected chi connectivity index (χ1v) is 13.6. The maximum atomic E-state index is 12.9. The highest BCUT2D eigenvalue weighted by molar-refractivity contribution is 6.26. The molecular formula is C31H48O2. The molecule has 0 radical (unpaired) electrons. The van der Waals surface area contributed by atoms with Crippen molar-refractivity contribution in [1.82, 2.24) is 0 Å². The Hall–Kier alpha value is -1.70. The molecule has 0 bridgehead atoms. The van der Waals surface area contributed by atoms with Crippen molar-refractivity contribution in [1.29, 1.82) is 0 Å². The van der Waals surface area contributed by atoms with Crippen LogP contribution in [0, 0.1) is 23.7 Å². The molecule has 0 unspecified atom stereocenters. The number of carbonyl (C=O) groups is 2. The van der Waals surface area contributed by atoms with Crippen LogP contribution in [-0.4, -0.2) is 11.6 Å². The molecule has 0 fully saturated rings. The summed E-state index contributed by atoms with van der Waals surface area (Å²) in [5, 5.41) is 0. The lowest BCUT2D eigenvalue weighted by Gasteiger charge is -2.20. The summed E-state index contributed by atoms with van der Waals surface area (Å²) in [6.45, 7) is 13.6. The number of Topliss-reactive ketones (excluding diaryl/α,β-unsaturated/α-hetero) is 2. The number of rotatable bonds is 15.